The summed E-state index contributed by atoms with van der Waals surface area (Å²) in [5, 5.41) is 30.9. The normalized spacial score (nSPS) is 25.3. The van der Waals surface area contributed by atoms with Crippen LogP contribution in [0.2, 0.25) is 20.1 Å². The number of aromatic carboxylic acids is 2. The van der Waals surface area contributed by atoms with E-state index in [4.69, 9.17) is 64.9 Å². The average molecular weight is 1080 g/mol. The lowest BCUT2D eigenvalue weighted by atomic mass is 9.66. The van der Waals surface area contributed by atoms with Gasteiger partial charge in [0.1, 0.15) is 33.6 Å². The molecule has 4 saturated carbocycles. The number of carboxylic acids is 2. The number of thiophene rings is 1. The molecule has 14 nitrogen and oxygen atoms in total. The molecule has 19 heteroatoms. The summed E-state index contributed by atoms with van der Waals surface area (Å²) in [6.45, 7) is 4.08. The SMILES string of the molecule is O=C(O)c1cnc(N2CCC3(CC(OCc4c(-c5c(Cl)ccc(C6CC6c6onc(-c7c(Cl)cccc7Cl)c6COC6CC7(CCN(c8ccc9cc(C(=O)O)sc9c8)C7)C6)c5Cl)noc4C4CC4)C3)C2)cn1. The largest absolute Gasteiger partial charge is 0.477 e. The van der Waals surface area contributed by atoms with Crippen LogP contribution in [0, 0.1) is 10.8 Å². The number of anilines is 2. The molecule has 2 N–H and O–H groups in total. The van der Waals surface area contributed by atoms with Crippen molar-refractivity contribution in [1.29, 1.82) is 0 Å². The summed E-state index contributed by atoms with van der Waals surface area (Å²) in [7, 11) is 0. The second-order valence-electron chi connectivity index (χ2n) is 21.1. The van der Waals surface area contributed by atoms with Crippen LogP contribution in [0.4, 0.5) is 11.5 Å². The molecule has 2 aliphatic heterocycles. The zero-order chi connectivity index (χ0) is 49.9. The number of carbonyl (C=O) groups is 2. The Morgan fingerprint density at radius 1 is 0.726 bits per heavy atom. The number of nitrogens with zero attached hydrogens (tertiary/aromatic N) is 6. The lowest BCUT2D eigenvalue weighted by molar-refractivity contribution is -0.0798. The van der Waals surface area contributed by atoms with E-state index >= 15 is 0 Å². The molecule has 4 aliphatic carbocycles. The third kappa shape index (κ3) is 8.66. The van der Waals surface area contributed by atoms with Gasteiger partial charge in [0, 0.05) is 70.7 Å². The molecule has 7 aromatic rings. The molecule has 2 unspecified atom stereocenters. The Balaban J connectivity index is 0.702. The number of aromatic nitrogens is 4. The van der Waals surface area contributed by atoms with E-state index in [1.165, 1.54) is 17.5 Å². The van der Waals surface area contributed by atoms with E-state index in [9.17, 15) is 19.8 Å². The predicted octanol–water partition coefficient (Wildman–Crippen LogP) is 13.3. The quantitative estimate of drug-likeness (QED) is 0.0991. The highest BCUT2D eigenvalue weighted by Crippen LogP contribution is 2.60. The topological polar surface area (TPSA) is 177 Å². The summed E-state index contributed by atoms with van der Waals surface area (Å²) in [5.41, 5.74) is 6.33. The van der Waals surface area contributed by atoms with Gasteiger partial charge < -0.3 is 38.5 Å². The van der Waals surface area contributed by atoms with Gasteiger partial charge in [0.25, 0.3) is 0 Å². The highest BCUT2D eigenvalue weighted by molar-refractivity contribution is 7.20. The van der Waals surface area contributed by atoms with Crippen LogP contribution in [0.1, 0.15) is 124 Å². The van der Waals surface area contributed by atoms with Crippen LogP contribution < -0.4 is 9.80 Å². The molecule has 6 aliphatic rings. The van der Waals surface area contributed by atoms with E-state index in [0.717, 1.165) is 128 Å². The van der Waals surface area contributed by atoms with E-state index in [-0.39, 0.29) is 53.1 Å². The van der Waals surface area contributed by atoms with Crippen LogP contribution in [0.25, 0.3) is 32.6 Å². The molecule has 13 rings (SSSR count). The number of halogens is 4. The zero-order valence-electron chi connectivity index (χ0n) is 39.3. The maximum Gasteiger partial charge on any atom is 0.356 e. The number of hydrogen-bond acceptors (Lipinski definition) is 13. The van der Waals surface area contributed by atoms with Gasteiger partial charge in [-0.2, -0.15) is 0 Å². The lowest BCUT2D eigenvalue weighted by Gasteiger charge is -2.45. The third-order valence-corrected chi connectivity index (χ3v) is 18.8. The number of benzene rings is 3. The molecule has 73 heavy (non-hydrogen) atoms. The number of ether oxygens (including phenoxy) is 2. The second kappa shape index (κ2) is 18.2. The minimum Gasteiger partial charge on any atom is -0.477 e. The molecule has 0 radical (unpaired) electrons. The lowest BCUT2D eigenvalue weighted by Crippen LogP contribution is -2.44. The molecule has 4 aromatic heterocycles. The molecule has 6 heterocycles. The van der Waals surface area contributed by atoms with Gasteiger partial charge in [-0.05, 0) is 122 Å². The number of rotatable bonds is 15. The Bertz CT molecular complexity index is 3330. The minimum atomic E-state index is -1.09. The molecular weight excluding hydrogens is 1030 g/mol. The summed E-state index contributed by atoms with van der Waals surface area (Å²) in [6, 6.07) is 17.3. The van der Waals surface area contributed by atoms with Gasteiger partial charge in [0.05, 0.1) is 57.9 Å². The van der Waals surface area contributed by atoms with E-state index in [1.807, 2.05) is 24.3 Å². The highest BCUT2D eigenvalue weighted by atomic mass is 35.5. The van der Waals surface area contributed by atoms with Crippen LogP contribution in [0.15, 0.2) is 76.0 Å². The monoisotopic (exact) mass is 1080 g/mol. The fourth-order valence-electron chi connectivity index (χ4n) is 12.2. The van der Waals surface area contributed by atoms with Gasteiger partial charge in [0.15, 0.2) is 5.69 Å². The Kier molecular flexibility index (Phi) is 11.9. The Hall–Kier alpha value is -5.26. The molecule has 2 saturated heterocycles. The van der Waals surface area contributed by atoms with Crippen molar-refractivity contribution in [2.75, 3.05) is 36.0 Å². The van der Waals surface area contributed by atoms with Gasteiger partial charge in [-0.15, -0.1) is 11.3 Å². The van der Waals surface area contributed by atoms with Crippen LogP contribution in [0.3, 0.4) is 0 Å². The summed E-state index contributed by atoms with van der Waals surface area (Å²) in [6.07, 6.45) is 11.5. The van der Waals surface area contributed by atoms with Crippen molar-refractivity contribution in [2.45, 2.75) is 101 Å². The molecule has 376 valence electrons. The number of hydrogen-bond donors (Lipinski definition) is 2. The van der Waals surface area contributed by atoms with E-state index in [1.54, 1.807) is 24.4 Å². The van der Waals surface area contributed by atoms with Crippen LogP contribution in [0.5, 0.6) is 0 Å². The van der Waals surface area contributed by atoms with E-state index in [0.29, 0.717) is 59.9 Å². The molecule has 0 amide bonds. The van der Waals surface area contributed by atoms with E-state index in [2.05, 4.69) is 42.2 Å². The van der Waals surface area contributed by atoms with E-state index < -0.39 is 11.9 Å². The molecular formula is C54H48Cl4N6O8S. The van der Waals surface area contributed by atoms with Crippen molar-refractivity contribution < 1.29 is 38.3 Å². The van der Waals surface area contributed by atoms with Crippen molar-refractivity contribution in [3.63, 3.8) is 0 Å². The van der Waals surface area contributed by atoms with Crippen molar-refractivity contribution in [3.05, 3.63) is 126 Å². The van der Waals surface area contributed by atoms with Crippen molar-refractivity contribution in [2.24, 2.45) is 10.8 Å². The first-order chi connectivity index (χ1) is 35.3. The van der Waals surface area contributed by atoms with Crippen molar-refractivity contribution in [3.8, 4) is 22.5 Å². The molecule has 2 spiro atoms. The second-order valence-corrected chi connectivity index (χ2v) is 23.8. The maximum atomic E-state index is 11.6. The zero-order valence-corrected chi connectivity index (χ0v) is 43.1. The Labute approximate surface area is 443 Å². The smallest absolute Gasteiger partial charge is 0.356 e. The molecule has 6 fully saturated rings. The average Bonchev–Trinajstić information content (AvgIpc) is 3.97. The molecule has 2 atom stereocenters. The van der Waals surface area contributed by atoms with Gasteiger partial charge in [-0.1, -0.05) is 74.9 Å². The summed E-state index contributed by atoms with van der Waals surface area (Å²) in [5.74, 6) is 0.464. The summed E-state index contributed by atoms with van der Waals surface area (Å²) in [4.78, 5) is 36.3. The molecule has 0 bridgehead atoms. The predicted molar refractivity (Wildman–Crippen MR) is 278 cm³/mol. The first-order valence-electron chi connectivity index (χ1n) is 24.8. The van der Waals surface area contributed by atoms with Crippen molar-refractivity contribution in [1.82, 2.24) is 20.3 Å². The first-order valence-corrected chi connectivity index (χ1v) is 27.1. The van der Waals surface area contributed by atoms with Gasteiger partial charge in [-0.25, -0.2) is 19.6 Å². The summed E-state index contributed by atoms with van der Waals surface area (Å²) >= 11 is 29.5. The summed E-state index contributed by atoms with van der Waals surface area (Å²) < 4.78 is 26.7. The highest BCUT2D eigenvalue weighted by Gasteiger charge is 2.52. The Morgan fingerprint density at radius 2 is 1.37 bits per heavy atom. The number of fused-ring (bicyclic) bond motifs is 1. The maximum absolute atomic E-state index is 11.6. The van der Waals surface area contributed by atoms with Gasteiger partial charge >= 0.3 is 11.9 Å². The third-order valence-electron chi connectivity index (χ3n) is 16.4. The van der Waals surface area contributed by atoms with Crippen LogP contribution in [-0.4, -0.2) is 80.8 Å². The Morgan fingerprint density at radius 3 is 2.03 bits per heavy atom. The van der Waals surface area contributed by atoms with Gasteiger partial charge in [-0.3, -0.25) is 0 Å². The fraction of sp³-hybridized carbons (Fsp3) is 0.407. The van der Waals surface area contributed by atoms with Crippen LogP contribution in [-0.2, 0) is 22.7 Å². The van der Waals surface area contributed by atoms with Gasteiger partial charge in [0.2, 0.25) is 0 Å². The van der Waals surface area contributed by atoms with Crippen molar-refractivity contribution >= 4 is 91.3 Å². The standard InChI is InChI=1S/C54H48Cl4N6O8S/c55-37-2-1-3-38(56)44(37)47-36(24-70-30-17-53(18-30)10-12-63(25-53)29-7-6-28-14-42(52(67)68)73-41(28)15-29)50(72-61-47)34-16-33(34)32-8-9-39(57)45(46(32)58)48-35(49(71-62-48)27-4-5-27)23-69-31-19-54(20-31)11-13-64(26-54)43-22-59-40(21-60-43)51(65)66/h1-3,6-9,14-15,21-22,27,30-31,33-34H,4-5,10-13,16-20,23-26H2,(H,65,66)(H,67,68). The number of carboxylic acid groups (broad SMARTS) is 2. The first kappa shape index (κ1) is 47.5. The molecule has 3 aromatic carbocycles. The fourth-order valence-corrected chi connectivity index (χ4v) is 14.4. The minimum absolute atomic E-state index is 0.00178. The van der Waals surface area contributed by atoms with Crippen LogP contribution >= 0.6 is 57.7 Å².